The molecule has 6 heteroatoms. The summed E-state index contributed by atoms with van der Waals surface area (Å²) in [6.07, 6.45) is 1.40. The SMILES string of the molecule is CC(=O)CCCCS(=O)(=O)c1cc(Cl)ccc1Cl. The molecule has 0 amide bonds. The maximum atomic E-state index is 12.0. The summed E-state index contributed by atoms with van der Waals surface area (Å²) in [5, 5.41) is 0.507. The van der Waals surface area contributed by atoms with Crippen molar-refractivity contribution < 1.29 is 13.2 Å². The summed E-state index contributed by atoms with van der Waals surface area (Å²) < 4.78 is 24.0. The average molecular weight is 309 g/mol. The van der Waals surface area contributed by atoms with Crippen molar-refractivity contribution in [1.82, 2.24) is 0 Å². The Balaban J connectivity index is 2.74. The summed E-state index contributed by atoms with van der Waals surface area (Å²) in [4.78, 5) is 10.8. The number of unbranched alkanes of at least 4 members (excludes halogenated alkanes) is 1. The van der Waals surface area contributed by atoms with Crippen LogP contribution in [0.1, 0.15) is 26.2 Å². The third-order valence-electron chi connectivity index (χ3n) is 2.42. The second kappa shape index (κ2) is 6.55. The molecule has 0 spiro atoms. The van der Waals surface area contributed by atoms with Gasteiger partial charge in [0.25, 0.3) is 0 Å². The van der Waals surface area contributed by atoms with Gasteiger partial charge in [-0.05, 0) is 38.0 Å². The molecule has 1 rings (SSSR count). The van der Waals surface area contributed by atoms with Crippen LogP contribution in [0.15, 0.2) is 23.1 Å². The molecule has 3 nitrogen and oxygen atoms in total. The minimum Gasteiger partial charge on any atom is -0.300 e. The molecule has 100 valence electrons. The molecule has 0 aliphatic rings. The van der Waals surface area contributed by atoms with E-state index in [0.29, 0.717) is 24.3 Å². The zero-order chi connectivity index (χ0) is 13.8. The molecule has 0 radical (unpaired) electrons. The maximum Gasteiger partial charge on any atom is 0.179 e. The van der Waals surface area contributed by atoms with Crippen molar-refractivity contribution in [2.24, 2.45) is 0 Å². The maximum absolute atomic E-state index is 12.0. The minimum atomic E-state index is -3.44. The van der Waals surface area contributed by atoms with Crippen LogP contribution in [0.2, 0.25) is 10.0 Å². The van der Waals surface area contributed by atoms with E-state index in [4.69, 9.17) is 23.2 Å². The fourth-order valence-electron chi connectivity index (χ4n) is 1.49. The number of ketones is 1. The number of carbonyl (C=O) groups excluding carboxylic acids is 1. The topological polar surface area (TPSA) is 51.2 Å². The number of sulfone groups is 1. The molecule has 0 bridgehead atoms. The van der Waals surface area contributed by atoms with Crippen molar-refractivity contribution >= 4 is 38.8 Å². The van der Waals surface area contributed by atoms with E-state index in [1.165, 1.54) is 19.1 Å². The first-order chi connectivity index (χ1) is 8.33. The Kier molecular flexibility index (Phi) is 5.63. The average Bonchev–Trinajstić information content (AvgIpc) is 2.27. The van der Waals surface area contributed by atoms with Crippen LogP contribution in [-0.2, 0) is 14.6 Å². The van der Waals surface area contributed by atoms with Crippen LogP contribution in [0.4, 0.5) is 0 Å². The largest absolute Gasteiger partial charge is 0.300 e. The van der Waals surface area contributed by atoms with Gasteiger partial charge in [0.05, 0.1) is 15.7 Å². The van der Waals surface area contributed by atoms with Crippen molar-refractivity contribution in [3.05, 3.63) is 28.2 Å². The molecule has 18 heavy (non-hydrogen) atoms. The van der Waals surface area contributed by atoms with E-state index < -0.39 is 9.84 Å². The predicted molar refractivity (Wildman–Crippen MR) is 73.0 cm³/mol. The summed E-state index contributed by atoms with van der Waals surface area (Å²) in [7, 11) is -3.44. The third kappa shape index (κ3) is 4.59. The van der Waals surface area contributed by atoms with Gasteiger partial charge >= 0.3 is 0 Å². The van der Waals surface area contributed by atoms with Gasteiger partial charge in [0.1, 0.15) is 5.78 Å². The van der Waals surface area contributed by atoms with Crippen LogP contribution in [0.5, 0.6) is 0 Å². The van der Waals surface area contributed by atoms with E-state index >= 15 is 0 Å². The summed E-state index contributed by atoms with van der Waals surface area (Å²) in [6.45, 7) is 1.49. The van der Waals surface area contributed by atoms with E-state index in [9.17, 15) is 13.2 Å². The van der Waals surface area contributed by atoms with E-state index in [1.807, 2.05) is 0 Å². The van der Waals surface area contributed by atoms with Gasteiger partial charge < -0.3 is 4.79 Å². The molecular formula is C12H14Cl2O3S. The second-order valence-electron chi connectivity index (χ2n) is 4.05. The van der Waals surface area contributed by atoms with Crippen LogP contribution in [-0.4, -0.2) is 20.0 Å². The lowest BCUT2D eigenvalue weighted by Crippen LogP contribution is -2.08. The Labute approximate surface area is 117 Å². The van der Waals surface area contributed by atoms with Gasteiger partial charge in [-0.2, -0.15) is 0 Å². The van der Waals surface area contributed by atoms with E-state index in [2.05, 4.69) is 0 Å². The highest BCUT2D eigenvalue weighted by Gasteiger charge is 2.18. The smallest absolute Gasteiger partial charge is 0.179 e. The molecular weight excluding hydrogens is 295 g/mol. The number of carbonyl (C=O) groups is 1. The fourth-order valence-corrected chi connectivity index (χ4v) is 3.67. The Morgan fingerprint density at radius 3 is 2.50 bits per heavy atom. The van der Waals surface area contributed by atoms with Gasteiger partial charge in [-0.15, -0.1) is 0 Å². The lowest BCUT2D eigenvalue weighted by atomic mass is 10.2. The van der Waals surface area contributed by atoms with E-state index in [1.54, 1.807) is 6.07 Å². The Bertz CT molecular complexity index is 538. The Morgan fingerprint density at radius 1 is 1.22 bits per heavy atom. The molecule has 1 aromatic rings. The van der Waals surface area contributed by atoms with Crippen molar-refractivity contribution in [3.63, 3.8) is 0 Å². The molecule has 0 aromatic heterocycles. The molecule has 0 unspecified atom stereocenters. The van der Waals surface area contributed by atoms with Crippen molar-refractivity contribution in [1.29, 1.82) is 0 Å². The zero-order valence-corrected chi connectivity index (χ0v) is 12.3. The molecule has 0 aliphatic carbocycles. The number of rotatable bonds is 6. The van der Waals surface area contributed by atoms with Gasteiger partial charge in [0, 0.05) is 11.4 Å². The molecule has 0 fully saturated rings. The monoisotopic (exact) mass is 308 g/mol. The highest BCUT2D eigenvalue weighted by atomic mass is 35.5. The van der Waals surface area contributed by atoms with E-state index in [0.717, 1.165) is 0 Å². The van der Waals surface area contributed by atoms with Crippen molar-refractivity contribution in [2.75, 3.05) is 5.75 Å². The van der Waals surface area contributed by atoms with Gasteiger partial charge in [-0.1, -0.05) is 23.2 Å². The lowest BCUT2D eigenvalue weighted by Gasteiger charge is -2.06. The summed E-state index contributed by atoms with van der Waals surface area (Å²) in [5.74, 6) is 0.0357. The highest BCUT2D eigenvalue weighted by molar-refractivity contribution is 7.91. The molecule has 0 heterocycles. The zero-order valence-electron chi connectivity index (χ0n) is 9.95. The number of halogens is 2. The summed E-state index contributed by atoms with van der Waals surface area (Å²) in [5.41, 5.74) is 0. The van der Waals surface area contributed by atoms with Crippen LogP contribution < -0.4 is 0 Å². The number of Topliss-reactive ketones (excluding diaryl/α,β-unsaturated/α-hetero) is 1. The first-order valence-electron chi connectivity index (χ1n) is 5.50. The van der Waals surface area contributed by atoms with Gasteiger partial charge in [-0.3, -0.25) is 0 Å². The van der Waals surface area contributed by atoms with Crippen LogP contribution in [0, 0.1) is 0 Å². The molecule has 0 saturated carbocycles. The molecule has 1 aromatic carbocycles. The van der Waals surface area contributed by atoms with Crippen LogP contribution in [0.3, 0.4) is 0 Å². The number of hydrogen-bond acceptors (Lipinski definition) is 3. The molecule has 0 aliphatic heterocycles. The Hall–Kier alpha value is -0.580. The predicted octanol–water partition coefficient (Wildman–Crippen LogP) is 3.53. The summed E-state index contributed by atoms with van der Waals surface area (Å²) >= 11 is 11.6. The van der Waals surface area contributed by atoms with E-state index in [-0.39, 0.29) is 21.5 Å². The molecule has 0 atom stereocenters. The fraction of sp³-hybridized carbons (Fsp3) is 0.417. The number of benzene rings is 1. The van der Waals surface area contributed by atoms with Gasteiger partial charge in [0.15, 0.2) is 9.84 Å². The van der Waals surface area contributed by atoms with Crippen molar-refractivity contribution in [3.8, 4) is 0 Å². The van der Waals surface area contributed by atoms with Gasteiger partial charge in [-0.25, -0.2) is 8.42 Å². The lowest BCUT2D eigenvalue weighted by molar-refractivity contribution is -0.117. The first-order valence-corrected chi connectivity index (χ1v) is 7.91. The minimum absolute atomic E-state index is 0.0274. The highest BCUT2D eigenvalue weighted by Crippen LogP contribution is 2.26. The van der Waals surface area contributed by atoms with Crippen LogP contribution >= 0.6 is 23.2 Å². The quantitative estimate of drug-likeness (QED) is 0.755. The summed E-state index contributed by atoms with van der Waals surface area (Å²) in [6, 6.07) is 4.36. The first kappa shape index (κ1) is 15.5. The van der Waals surface area contributed by atoms with Gasteiger partial charge in [0.2, 0.25) is 0 Å². The third-order valence-corrected chi connectivity index (χ3v) is 4.93. The Morgan fingerprint density at radius 2 is 1.89 bits per heavy atom. The molecule has 0 N–H and O–H groups in total. The van der Waals surface area contributed by atoms with Crippen LogP contribution in [0.25, 0.3) is 0 Å². The molecule has 0 saturated heterocycles. The standard InChI is InChI=1S/C12H14Cl2O3S/c1-9(15)4-2-3-7-18(16,17)12-8-10(13)5-6-11(12)14/h5-6,8H,2-4,7H2,1H3. The number of hydrogen-bond donors (Lipinski definition) is 0. The van der Waals surface area contributed by atoms with Crippen molar-refractivity contribution in [2.45, 2.75) is 31.1 Å². The normalized spacial score (nSPS) is 11.5. The second-order valence-corrected chi connectivity index (χ2v) is 6.97.